The number of nitrogens with one attached hydrogen (secondary N) is 1. The number of methoxy groups -OCH3 is 1. The first-order valence-electron chi connectivity index (χ1n) is 9.24. The number of benzene rings is 3. The van der Waals surface area contributed by atoms with Crippen molar-refractivity contribution >= 4 is 11.6 Å². The standard InChI is InChI=1S/C23H22N2O3/c1-28-19-11-9-16(10-12-19)13-14-25-22(17-5-4-6-18(26)15-17)24-21-8-3-2-7-20(21)23(25)27/h2-12,15,22,24,26H,13-14H2,1H3/t22-/m1/s1. The number of hydrogen-bond acceptors (Lipinski definition) is 4. The van der Waals surface area contributed by atoms with E-state index in [2.05, 4.69) is 5.32 Å². The number of hydrogen-bond donors (Lipinski definition) is 2. The number of nitrogens with zero attached hydrogens (tertiary/aromatic N) is 1. The van der Waals surface area contributed by atoms with Gasteiger partial charge >= 0.3 is 0 Å². The Bertz CT molecular complexity index is 985. The zero-order valence-electron chi connectivity index (χ0n) is 15.6. The lowest BCUT2D eigenvalue weighted by Gasteiger charge is -2.38. The predicted octanol–water partition coefficient (Wildman–Crippen LogP) is 4.21. The van der Waals surface area contributed by atoms with Gasteiger partial charge in [-0.25, -0.2) is 0 Å². The molecule has 0 aliphatic carbocycles. The number of phenolic OH excluding ortho intramolecular Hbond substituents is 1. The summed E-state index contributed by atoms with van der Waals surface area (Å²) in [6.07, 6.45) is 0.377. The van der Waals surface area contributed by atoms with Crippen LogP contribution >= 0.6 is 0 Å². The third kappa shape index (κ3) is 3.51. The fourth-order valence-corrected chi connectivity index (χ4v) is 3.52. The first-order valence-corrected chi connectivity index (χ1v) is 9.24. The number of fused-ring (bicyclic) bond motifs is 1. The minimum absolute atomic E-state index is 0.0174. The summed E-state index contributed by atoms with van der Waals surface area (Å²) in [5.74, 6) is 0.975. The van der Waals surface area contributed by atoms with E-state index in [9.17, 15) is 9.90 Å². The number of ether oxygens (including phenoxy) is 1. The van der Waals surface area contributed by atoms with Crippen LogP contribution < -0.4 is 10.1 Å². The molecule has 0 spiro atoms. The van der Waals surface area contributed by atoms with Crippen molar-refractivity contribution in [1.29, 1.82) is 0 Å². The maximum atomic E-state index is 13.2. The summed E-state index contributed by atoms with van der Waals surface area (Å²) in [6, 6.07) is 22.4. The van der Waals surface area contributed by atoms with Crippen molar-refractivity contribution in [3.05, 3.63) is 89.5 Å². The molecule has 0 fully saturated rings. The Morgan fingerprint density at radius 1 is 1.04 bits per heavy atom. The summed E-state index contributed by atoms with van der Waals surface area (Å²) in [5.41, 5.74) is 3.44. The Morgan fingerprint density at radius 3 is 2.57 bits per heavy atom. The van der Waals surface area contributed by atoms with E-state index in [1.807, 2.05) is 59.5 Å². The van der Waals surface area contributed by atoms with Crippen LogP contribution in [0, 0.1) is 0 Å². The van der Waals surface area contributed by atoms with Crippen LogP contribution in [0.4, 0.5) is 5.69 Å². The minimum Gasteiger partial charge on any atom is -0.508 e. The van der Waals surface area contributed by atoms with Crippen LogP contribution in [-0.4, -0.2) is 29.6 Å². The number of rotatable bonds is 5. The van der Waals surface area contributed by atoms with Gasteiger partial charge < -0.3 is 20.1 Å². The van der Waals surface area contributed by atoms with Crippen LogP contribution in [-0.2, 0) is 6.42 Å². The summed E-state index contributed by atoms with van der Waals surface area (Å²) in [4.78, 5) is 15.0. The Hall–Kier alpha value is -3.47. The quantitative estimate of drug-likeness (QED) is 0.702. The maximum Gasteiger partial charge on any atom is 0.257 e. The number of para-hydroxylation sites is 1. The van der Waals surface area contributed by atoms with Gasteiger partial charge in [0.25, 0.3) is 5.91 Å². The van der Waals surface area contributed by atoms with Gasteiger partial charge in [-0.2, -0.15) is 0 Å². The average Bonchev–Trinajstić information content (AvgIpc) is 2.73. The number of amides is 1. The summed E-state index contributed by atoms with van der Waals surface area (Å²) in [6.45, 7) is 0.548. The van der Waals surface area contributed by atoms with Gasteiger partial charge in [0.1, 0.15) is 17.7 Å². The first-order chi connectivity index (χ1) is 13.7. The van der Waals surface area contributed by atoms with Gasteiger partial charge in [-0.05, 0) is 53.9 Å². The molecule has 1 aliphatic rings. The number of aromatic hydroxyl groups is 1. The highest BCUT2D eigenvalue weighted by Gasteiger charge is 2.32. The molecule has 0 saturated carbocycles. The van der Waals surface area contributed by atoms with Crippen molar-refractivity contribution in [2.75, 3.05) is 19.0 Å². The molecule has 1 aliphatic heterocycles. The van der Waals surface area contributed by atoms with Gasteiger partial charge in [0.15, 0.2) is 0 Å². The zero-order chi connectivity index (χ0) is 19.5. The van der Waals surface area contributed by atoms with E-state index in [4.69, 9.17) is 4.74 Å². The van der Waals surface area contributed by atoms with E-state index in [0.29, 0.717) is 12.1 Å². The monoisotopic (exact) mass is 374 g/mol. The van der Waals surface area contributed by atoms with Crippen molar-refractivity contribution in [2.45, 2.75) is 12.6 Å². The van der Waals surface area contributed by atoms with Crippen molar-refractivity contribution in [2.24, 2.45) is 0 Å². The number of anilines is 1. The van der Waals surface area contributed by atoms with Crippen molar-refractivity contribution in [1.82, 2.24) is 4.90 Å². The fraction of sp³-hybridized carbons (Fsp3) is 0.174. The second-order valence-corrected chi connectivity index (χ2v) is 6.78. The molecule has 1 amide bonds. The smallest absolute Gasteiger partial charge is 0.257 e. The lowest BCUT2D eigenvalue weighted by Crippen LogP contribution is -2.43. The van der Waals surface area contributed by atoms with Crippen LogP contribution in [0.25, 0.3) is 0 Å². The largest absolute Gasteiger partial charge is 0.508 e. The zero-order valence-corrected chi connectivity index (χ0v) is 15.6. The molecule has 3 aromatic rings. The van der Waals surface area contributed by atoms with Crippen molar-refractivity contribution < 1.29 is 14.6 Å². The van der Waals surface area contributed by atoms with Crippen molar-refractivity contribution in [3.8, 4) is 11.5 Å². The summed E-state index contributed by atoms with van der Waals surface area (Å²) in [5, 5.41) is 13.4. The van der Waals surface area contributed by atoms with E-state index in [1.165, 1.54) is 0 Å². The Labute approximate surface area is 164 Å². The summed E-state index contributed by atoms with van der Waals surface area (Å²) >= 11 is 0. The van der Waals surface area contributed by atoms with Gasteiger partial charge in [-0.15, -0.1) is 0 Å². The maximum absolute atomic E-state index is 13.2. The Balaban J connectivity index is 1.63. The molecule has 0 radical (unpaired) electrons. The summed E-state index contributed by atoms with van der Waals surface area (Å²) in [7, 11) is 1.64. The summed E-state index contributed by atoms with van der Waals surface area (Å²) < 4.78 is 5.21. The minimum atomic E-state index is -0.340. The van der Waals surface area contributed by atoms with Gasteiger partial charge in [0, 0.05) is 12.2 Å². The fourth-order valence-electron chi connectivity index (χ4n) is 3.52. The predicted molar refractivity (Wildman–Crippen MR) is 109 cm³/mol. The van der Waals surface area contributed by atoms with Crippen LogP contribution in [0.5, 0.6) is 11.5 Å². The molecule has 1 heterocycles. The molecule has 3 aromatic carbocycles. The third-order valence-corrected chi connectivity index (χ3v) is 5.01. The molecular formula is C23H22N2O3. The van der Waals surface area contributed by atoms with E-state index in [0.717, 1.165) is 29.0 Å². The van der Waals surface area contributed by atoms with Gasteiger partial charge in [0.05, 0.1) is 12.7 Å². The van der Waals surface area contributed by atoms with Crippen LogP contribution in [0.15, 0.2) is 72.8 Å². The molecule has 5 nitrogen and oxygen atoms in total. The lowest BCUT2D eigenvalue weighted by atomic mass is 10.0. The first kappa shape index (κ1) is 17.9. The van der Waals surface area contributed by atoms with Crippen molar-refractivity contribution in [3.63, 3.8) is 0 Å². The highest BCUT2D eigenvalue weighted by atomic mass is 16.5. The Morgan fingerprint density at radius 2 is 1.82 bits per heavy atom. The second-order valence-electron chi connectivity index (χ2n) is 6.78. The topological polar surface area (TPSA) is 61.8 Å². The second kappa shape index (κ2) is 7.64. The van der Waals surface area contributed by atoms with Gasteiger partial charge in [-0.3, -0.25) is 4.79 Å². The highest BCUT2D eigenvalue weighted by molar-refractivity contribution is 6.01. The van der Waals surface area contributed by atoms with E-state index in [-0.39, 0.29) is 17.8 Å². The SMILES string of the molecule is COc1ccc(CCN2C(=O)c3ccccc3N[C@H]2c2cccc(O)c2)cc1. The van der Waals surface area contributed by atoms with Gasteiger partial charge in [-0.1, -0.05) is 36.4 Å². The van der Waals surface area contributed by atoms with Gasteiger partial charge in [0.2, 0.25) is 0 Å². The van der Waals surface area contributed by atoms with E-state index in [1.54, 1.807) is 25.3 Å². The number of carbonyl (C=O) groups excluding carboxylic acids is 1. The van der Waals surface area contributed by atoms with Crippen LogP contribution in [0.2, 0.25) is 0 Å². The van der Waals surface area contributed by atoms with E-state index < -0.39 is 0 Å². The molecule has 5 heteroatoms. The number of phenols is 1. The molecule has 1 atom stereocenters. The normalized spacial score (nSPS) is 15.7. The molecule has 142 valence electrons. The van der Waals surface area contributed by atoms with E-state index >= 15 is 0 Å². The van der Waals surface area contributed by atoms with Crippen LogP contribution in [0.3, 0.4) is 0 Å². The molecule has 0 saturated heterocycles. The highest BCUT2D eigenvalue weighted by Crippen LogP contribution is 2.34. The Kier molecular flexibility index (Phi) is 4.89. The molecule has 2 N–H and O–H groups in total. The molecule has 0 aromatic heterocycles. The number of carbonyl (C=O) groups is 1. The molecule has 0 bridgehead atoms. The lowest BCUT2D eigenvalue weighted by molar-refractivity contribution is 0.0685. The molecule has 28 heavy (non-hydrogen) atoms. The molecular weight excluding hydrogens is 352 g/mol. The average molecular weight is 374 g/mol. The molecule has 0 unspecified atom stereocenters. The molecule has 4 rings (SSSR count). The van der Waals surface area contributed by atoms with Crippen LogP contribution in [0.1, 0.15) is 27.7 Å². The third-order valence-electron chi connectivity index (χ3n) is 5.01.